The Morgan fingerprint density at radius 2 is 1.96 bits per heavy atom. The molecule has 4 heteroatoms. The molecule has 1 aliphatic heterocycles. The Hall–Kier alpha value is -2.33. The number of amides is 1. The van der Waals surface area contributed by atoms with Crippen molar-refractivity contribution in [1.82, 2.24) is 0 Å². The van der Waals surface area contributed by atoms with Gasteiger partial charge in [0.05, 0.1) is 12.2 Å². The second kappa shape index (κ2) is 7.28. The van der Waals surface area contributed by atoms with Gasteiger partial charge in [0.15, 0.2) is 6.10 Å². The summed E-state index contributed by atoms with van der Waals surface area (Å²) in [6.07, 6.45) is 1.07. The zero-order valence-corrected chi connectivity index (χ0v) is 15.2. The van der Waals surface area contributed by atoms with Crippen LogP contribution in [0.1, 0.15) is 49.4 Å². The number of nitrogens with two attached hydrogens (primary N) is 1. The number of nitrogens with zero attached hydrogens (tertiary/aromatic N) is 1. The van der Waals surface area contributed by atoms with Crippen LogP contribution in [0.15, 0.2) is 42.5 Å². The van der Waals surface area contributed by atoms with Gasteiger partial charge in [-0.05, 0) is 48.6 Å². The van der Waals surface area contributed by atoms with E-state index in [2.05, 4.69) is 26.0 Å². The average Bonchev–Trinajstić information content (AvgIpc) is 2.64. The van der Waals surface area contributed by atoms with Crippen molar-refractivity contribution in [1.29, 1.82) is 0 Å². The van der Waals surface area contributed by atoms with Crippen LogP contribution in [0.3, 0.4) is 0 Å². The van der Waals surface area contributed by atoms with Gasteiger partial charge in [-0.25, -0.2) is 0 Å². The second-order valence-corrected chi connectivity index (χ2v) is 6.61. The first kappa shape index (κ1) is 17.5. The number of benzene rings is 2. The molecule has 1 heterocycles. The van der Waals surface area contributed by atoms with Gasteiger partial charge in [0.25, 0.3) is 5.91 Å². The first-order chi connectivity index (χ1) is 12.0. The highest BCUT2D eigenvalue weighted by molar-refractivity contribution is 6.00. The maximum atomic E-state index is 13.0. The molecule has 0 saturated heterocycles. The fourth-order valence-electron chi connectivity index (χ4n) is 3.19. The Morgan fingerprint density at radius 1 is 1.20 bits per heavy atom. The fraction of sp³-hybridized carbons (Fsp3) is 0.381. The summed E-state index contributed by atoms with van der Waals surface area (Å²) in [7, 11) is 0. The van der Waals surface area contributed by atoms with Crippen molar-refractivity contribution in [2.24, 2.45) is 5.73 Å². The lowest BCUT2D eigenvalue weighted by Crippen LogP contribution is -2.45. The predicted molar refractivity (Wildman–Crippen MR) is 101 cm³/mol. The number of aryl methyl sites for hydroxylation is 1. The minimum absolute atomic E-state index is 0.0143. The van der Waals surface area contributed by atoms with E-state index in [9.17, 15) is 4.79 Å². The van der Waals surface area contributed by atoms with Crippen LogP contribution in [-0.2, 0) is 11.3 Å². The third kappa shape index (κ3) is 3.40. The van der Waals surface area contributed by atoms with E-state index in [4.69, 9.17) is 10.5 Å². The molecule has 0 aliphatic carbocycles. The number of rotatable bonds is 5. The average molecular weight is 338 g/mol. The van der Waals surface area contributed by atoms with Gasteiger partial charge in [-0.15, -0.1) is 0 Å². The van der Waals surface area contributed by atoms with E-state index in [0.29, 0.717) is 13.0 Å². The minimum Gasteiger partial charge on any atom is -0.478 e. The zero-order chi connectivity index (χ0) is 18.0. The highest BCUT2D eigenvalue weighted by Crippen LogP contribution is 2.38. The summed E-state index contributed by atoms with van der Waals surface area (Å²) in [6.45, 7) is 6.65. The number of ether oxygens (including phenoxy) is 1. The van der Waals surface area contributed by atoms with E-state index in [1.54, 1.807) is 0 Å². The largest absolute Gasteiger partial charge is 0.478 e. The number of hydrogen-bond donors (Lipinski definition) is 1. The lowest BCUT2D eigenvalue weighted by Gasteiger charge is -2.35. The van der Waals surface area contributed by atoms with Crippen molar-refractivity contribution in [3.63, 3.8) is 0 Å². The molecular formula is C21H26N2O2. The highest BCUT2D eigenvalue weighted by Gasteiger charge is 2.33. The number of anilines is 1. The molecule has 1 aliphatic rings. The van der Waals surface area contributed by atoms with Crippen LogP contribution in [0.5, 0.6) is 5.75 Å². The van der Waals surface area contributed by atoms with Gasteiger partial charge in [0.1, 0.15) is 5.75 Å². The lowest BCUT2D eigenvalue weighted by atomic mass is 10.0. The SMILES string of the molecule is CCC1Oc2ccc(C(N)CC)cc2N(Cc2ccccc2C)C1=O. The molecule has 3 rings (SSSR count). The van der Waals surface area contributed by atoms with Crippen LogP contribution in [0.4, 0.5) is 5.69 Å². The Morgan fingerprint density at radius 3 is 2.64 bits per heavy atom. The van der Waals surface area contributed by atoms with Gasteiger partial charge >= 0.3 is 0 Å². The zero-order valence-electron chi connectivity index (χ0n) is 15.2. The Balaban J connectivity index is 2.03. The first-order valence-electron chi connectivity index (χ1n) is 8.97. The highest BCUT2D eigenvalue weighted by atomic mass is 16.5. The summed E-state index contributed by atoms with van der Waals surface area (Å²) in [4.78, 5) is 14.8. The molecule has 2 unspecified atom stereocenters. The van der Waals surface area contributed by atoms with E-state index in [-0.39, 0.29) is 11.9 Å². The van der Waals surface area contributed by atoms with Crippen LogP contribution >= 0.6 is 0 Å². The summed E-state index contributed by atoms with van der Waals surface area (Å²) >= 11 is 0. The Labute approximate surface area is 149 Å². The smallest absolute Gasteiger partial charge is 0.268 e. The second-order valence-electron chi connectivity index (χ2n) is 6.61. The molecular weight excluding hydrogens is 312 g/mol. The molecule has 2 atom stereocenters. The van der Waals surface area contributed by atoms with E-state index >= 15 is 0 Å². The van der Waals surface area contributed by atoms with Gasteiger partial charge in [0, 0.05) is 6.04 Å². The molecule has 0 spiro atoms. The van der Waals surface area contributed by atoms with E-state index in [1.807, 2.05) is 42.2 Å². The maximum absolute atomic E-state index is 13.0. The van der Waals surface area contributed by atoms with Crippen LogP contribution in [0, 0.1) is 6.92 Å². The molecule has 2 aromatic rings. The van der Waals surface area contributed by atoms with Gasteiger partial charge in [-0.3, -0.25) is 4.79 Å². The number of carbonyl (C=O) groups is 1. The Bertz CT molecular complexity index is 772. The fourth-order valence-corrected chi connectivity index (χ4v) is 3.19. The molecule has 0 bridgehead atoms. The van der Waals surface area contributed by atoms with Crippen LogP contribution in [-0.4, -0.2) is 12.0 Å². The summed E-state index contributed by atoms with van der Waals surface area (Å²) in [5.41, 5.74) is 10.4. The molecule has 1 amide bonds. The molecule has 2 aromatic carbocycles. The van der Waals surface area contributed by atoms with Gasteiger partial charge < -0.3 is 15.4 Å². The molecule has 132 valence electrons. The predicted octanol–water partition coefficient (Wildman–Crippen LogP) is 4.11. The minimum atomic E-state index is -0.429. The van der Waals surface area contributed by atoms with E-state index in [0.717, 1.165) is 29.0 Å². The van der Waals surface area contributed by atoms with Crippen molar-refractivity contribution in [2.75, 3.05) is 4.90 Å². The molecule has 0 radical (unpaired) electrons. The summed E-state index contributed by atoms with van der Waals surface area (Å²) in [6, 6.07) is 14.1. The van der Waals surface area contributed by atoms with Gasteiger partial charge in [-0.1, -0.05) is 44.2 Å². The summed E-state index contributed by atoms with van der Waals surface area (Å²) < 4.78 is 5.93. The number of fused-ring (bicyclic) bond motifs is 1. The molecule has 25 heavy (non-hydrogen) atoms. The van der Waals surface area contributed by atoms with Crippen molar-refractivity contribution in [2.45, 2.75) is 52.3 Å². The first-order valence-corrected chi connectivity index (χ1v) is 8.97. The van der Waals surface area contributed by atoms with E-state index < -0.39 is 6.10 Å². The van der Waals surface area contributed by atoms with E-state index in [1.165, 1.54) is 5.56 Å². The molecule has 0 saturated carbocycles. The monoisotopic (exact) mass is 338 g/mol. The topological polar surface area (TPSA) is 55.6 Å². The molecule has 0 fully saturated rings. The van der Waals surface area contributed by atoms with Gasteiger partial charge in [0.2, 0.25) is 0 Å². The summed E-state index contributed by atoms with van der Waals surface area (Å²) in [5, 5.41) is 0. The summed E-state index contributed by atoms with van der Waals surface area (Å²) in [5.74, 6) is 0.771. The lowest BCUT2D eigenvalue weighted by molar-refractivity contribution is -0.126. The standard InChI is InChI=1S/C21H26N2O2/c1-4-17(22)15-10-11-20-18(12-15)23(21(24)19(5-2)25-20)13-16-9-7-6-8-14(16)3/h6-12,17,19H,4-5,13,22H2,1-3H3. The molecule has 4 nitrogen and oxygen atoms in total. The molecule has 2 N–H and O–H groups in total. The number of hydrogen-bond acceptors (Lipinski definition) is 3. The van der Waals surface area contributed by atoms with Crippen molar-refractivity contribution in [3.05, 3.63) is 59.2 Å². The third-order valence-corrected chi connectivity index (χ3v) is 4.91. The quantitative estimate of drug-likeness (QED) is 0.892. The molecule has 0 aromatic heterocycles. The van der Waals surface area contributed by atoms with Crippen LogP contribution in [0.2, 0.25) is 0 Å². The Kier molecular flexibility index (Phi) is 5.09. The normalized spacial score (nSPS) is 17.8. The number of carbonyl (C=O) groups excluding carboxylic acids is 1. The van der Waals surface area contributed by atoms with Crippen LogP contribution in [0.25, 0.3) is 0 Å². The van der Waals surface area contributed by atoms with Crippen molar-refractivity contribution < 1.29 is 9.53 Å². The van der Waals surface area contributed by atoms with Gasteiger partial charge in [-0.2, -0.15) is 0 Å². The van der Waals surface area contributed by atoms with Crippen LogP contribution < -0.4 is 15.4 Å². The van der Waals surface area contributed by atoms with Crippen molar-refractivity contribution >= 4 is 11.6 Å². The maximum Gasteiger partial charge on any atom is 0.268 e. The third-order valence-electron chi connectivity index (χ3n) is 4.91. The van der Waals surface area contributed by atoms with Crippen molar-refractivity contribution in [3.8, 4) is 5.75 Å².